The largest absolute Gasteiger partial charge is 0.471 e. The first kappa shape index (κ1) is 15.9. The van der Waals surface area contributed by atoms with Gasteiger partial charge >= 0.3 is 0 Å². The van der Waals surface area contributed by atoms with Crippen LogP contribution in [0.5, 0.6) is 0 Å². The van der Waals surface area contributed by atoms with E-state index in [-0.39, 0.29) is 12.2 Å². The first-order valence-electron chi connectivity index (χ1n) is 9.09. The Kier molecular flexibility index (Phi) is 3.78. The average molecular weight is 356 g/mol. The van der Waals surface area contributed by atoms with Crippen molar-refractivity contribution >= 4 is 12.3 Å². The van der Waals surface area contributed by atoms with Crippen LogP contribution in [-0.4, -0.2) is 21.1 Å². The van der Waals surface area contributed by atoms with Crippen LogP contribution in [0.3, 0.4) is 0 Å². The van der Waals surface area contributed by atoms with Crippen LogP contribution in [0, 0.1) is 6.92 Å². The Labute approximate surface area is 158 Å². The van der Waals surface area contributed by atoms with Gasteiger partial charge in [0.1, 0.15) is 18.6 Å². The van der Waals surface area contributed by atoms with Crippen LogP contribution in [0.2, 0.25) is 0 Å². The summed E-state index contributed by atoms with van der Waals surface area (Å²) in [5.41, 5.74) is 4.82. The third kappa shape index (κ3) is 2.81. The van der Waals surface area contributed by atoms with Gasteiger partial charge in [0.2, 0.25) is 0 Å². The smallest absolute Gasteiger partial charge is 0.193 e. The number of nitrogens with one attached hydrogen (secondary N) is 1. The van der Waals surface area contributed by atoms with E-state index in [0.29, 0.717) is 6.61 Å². The monoisotopic (exact) mass is 356 g/mol. The number of aryl methyl sites for hydroxylation is 1. The summed E-state index contributed by atoms with van der Waals surface area (Å²) in [7, 11) is 0. The molecule has 1 aromatic heterocycles. The number of aromatic amines is 1. The maximum atomic E-state index is 6.19. The van der Waals surface area contributed by atoms with Crippen molar-refractivity contribution in [2.24, 2.45) is 4.99 Å². The molecule has 0 radical (unpaired) electrons. The molecule has 2 atom stereocenters. The number of benzene rings is 2. The molecule has 0 amide bonds. The summed E-state index contributed by atoms with van der Waals surface area (Å²) in [6.45, 7) is 2.49. The van der Waals surface area contributed by atoms with E-state index < -0.39 is 0 Å². The van der Waals surface area contributed by atoms with Gasteiger partial charge in [-0.3, -0.25) is 4.99 Å². The number of fused-ring (bicyclic) bond motifs is 3. The summed E-state index contributed by atoms with van der Waals surface area (Å²) in [5.74, 6) is 1.62. The van der Waals surface area contributed by atoms with Gasteiger partial charge in [-0.2, -0.15) is 0 Å². The van der Waals surface area contributed by atoms with Crippen LogP contribution in [0.15, 0.2) is 71.8 Å². The van der Waals surface area contributed by atoms with Gasteiger partial charge < -0.3 is 14.6 Å². The fourth-order valence-electron chi connectivity index (χ4n) is 3.69. The quantitative estimate of drug-likeness (QED) is 0.755. The van der Waals surface area contributed by atoms with Gasteiger partial charge in [-0.15, -0.1) is 0 Å². The SMILES string of the molecule is Cc1ccc(C2N=CC3c4ccccc4C=C(OCc4ncc[nH]4)N32)cc1. The number of nitrogens with zero attached hydrogens (tertiary/aromatic N) is 3. The van der Waals surface area contributed by atoms with E-state index in [4.69, 9.17) is 9.73 Å². The summed E-state index contributed by atoms with van der Waals surface area (Å²) in [4.78, 5) is 14.4. The summed E-state index contributed by atoms with van der Waals surface area (Å²) in [5, 5.41) is 0. The lowest BCUT2D eigenvalue weighted by molar-refractivity contribution is 0.0725. The lowest BCUT2D eigenvalue weighted by Gasteiger charge is -2.36. The predicted octanol–water partition coefficient (Wildman–Crippen LogP) is 4.37. The number of aromatic nitrogens is 2. The highest BCUT2D eigenvalue weighted by molar-refractivity contribution is 5.76. The molecule has 0 saturated heterocycles. The topological polar surface area (TPSA) is 53.5 Å². The zero-order valence-corrected chi connectivity index (χ0v) is 15.0. The summed E-state index contributed by atoms with van der Waals surface area (Å²) < 4.78 is 6.19. The summed E-state index contributed by atoms with van der Waals surface area (Å²) in [6.07, 6.45) is 7.59. The third-order valence-corrected chi connectivity index (χ3v) is 5.07. The van der Waals surface area contributed by atoms with Gasteiger partial charge in [-0.1, -0.05) is 54.1 Å². The van der Waals surface area contributed by atoms with Gasteiger partial charge in [-0.05, 0) is 23.6 Å². The number of hydrogen-bond donors (Lipinski definition) is 1. The van der Waals surface area contributed by atoms with E-state index in [9.17, 15) is 0 Å². The van der Waals surface area contributed by atoms with E-state index in [1.54, 1.807) is 12.4 Å². The van der Waals surface area contributed by atoms with Crippen molar-refractivity contribution in [3.8, 4) is 0 Å². The van der Waals surface area contributed by atoms with E-state index in [0.717, 1.165) is 17.3 Å². The molecular formula is C22H20N4O. The van der Waals surface area contributed by atoms with E-state index in [1.165, 1.54) is 16.7 Å². The Hall–Kier alpha value is -3.34. The number of H-pyrrole nitrogens is 1. The van der Waals surface area contributed by atoms with Gasteiger partial charge in [0.25, 0.3) is 0 Å². The second-order valence-corrected chi connectivity index (χ2v) is 6.87. The molecule has 0 spiro atoms. The molecule has 0 saturated carbocycles. The zero-order valence-electron chi connectivity index (χ0n) is 15.0. The average Bonchev–Trinajstić information content (AvgIpc) is 3.37. The minimum atomic E-state index is -0.0909. The Balaban J connectivity index is 1.52. The van der Waals surface area contributed by atoms with Crippen molar-refractivity contribution in [3.05, 3.63) is 94.9 Å². The highest BCUT2D eigenvalue weighted by Crippen LogP contribution is 2.44. The first-order valence-corrected chi connectivity index (χ1v) is 9.09. The maximum Gasteiger partial charge on any atom is 0.193 e. The molecule has 134 valence electrons. The Morgan fingerprint density at radius 2 is 1.96 bits per heavy atom. The van der Waals surface area contributed by atoms with Crippen LogP contribution in [0.25, 0.3) is 6.08 Å². The van der Waals surface area contributed by atoms with Gasteiger partial charge in [0, 0.05) is 24.7 Å². The molecule has 3 aromatic rings. The number of aliphatic imine (C=N–C) groups is 1. The van der Waals surface area contributed by atoms with Crippen LogP contribution >= 0.6 is 0 Å². The molecule has 27 heavy (non-hydrogen) atoms. The Morgan fingerprint density at radius 3 is 2.78 bits per heavy atom. The molecule has 2 unspecified atom stereocenters. The molecule has 5 nitrogen and oxygen atoms in total. The molecule has 5 heteroatoms. The molecule has 2 aromatic carbocycles. The van der Waals surface area contributed by atoms with E-state index in [2.05, 4.69) is 76.4 Å². The number of hydrogen-bond acceptors (Lipinski definition) is 4. The normalized spacial score (nSPS) is 20.2. The van der Waals surface area contributed by atoms with Crippen molar-refractivity contribution in [1.29, 1.82) is 0 Å². The van der Waals surface area contributed by atoms with Crippen LogP contribution < -0.4 is 0 Å². The molecule has 3 heterocycles. The minimum absolute atomic E-state index is 0.0732. The van der Waals surface area contributed by atoms with Crippen LogP contribution in [-0.2, 0) is 11.3 Å². The van der Waals surface area contributed by atoms with Gasteiger partial charge in [0.15, 0.2) is 5.88 Å². The number of imidazole rings is 1. The second-order valence-electron chi connectivity index (χ2n) is 6.87. The molecule has 0 fully saturated rings. The second kappa shape index (κ2) is 6.43. The van der Waals surface area contributed by atoms with Crippen molar-refractivity contribution in [2.75, 3.05) is 0 Å². The predicted molar refractivity (Wildman–Crippen MR) is 105 cm³/mol. The van der Waals surface area contributed by atoms with Crippen molar-refractivity contribution in [3.63, 3.8) is 0 Å². The molecule has 0 bridgehead atoms. The van der Waals surface area contributed by atoms with Gasteiger partial charge in [-0.25, -0.2) is 4.98 Å². The fraction of sp³-hybridized carbons (Fsp3) is 0.182. The molecule has 1 N–H and O–H groups in total. The lowest BCUT2D eigenvalue weighted by Crippen LogP contribution is -2.31. The fourth-order valence-corrected chi connectivity index (χ4v) is 3.69. The minimum Gasteiger partial charge on any atom is -0.471 e. The number of ether oxygens (including phenoxy) is 1. The van der Waals surface area contributed by atoms with Gasteiger partial charge in [0.05, 0.1) is 6.04 Å². The molecule has 2 aliphatic heterocycles. The maximum absolute atomic E-state index is 6.19. The Bertz CT molecular complexity index is 1010. The van der Waals surface area contributed by atoms with Crippen LogP contribution in [0.1, 0.15) is 40.3 Å². The number of rotatable bonds is 4. The van der Waals surface area contributed by atoms with Crippen molar-refractivity contribution < 1.29 is 4.74 Å². The lowest BCUT2D eigenvalue weighted by atomic mass is 9.96. The van der Waals surface area contributed by atoms with E-state index >= 15 is 0 Å². The Morgan fingerprint density at radius 1 is 1.11 bits per heavy atom. The highest BCUT2D eigenvalue weighted by atomic mass is 16.5. The van der Waals surface area contributed by atoms with E-state index in [1.807, 2.05) is 6.21 Å². The van der Waals surface area contributed by atoms with Crippen LogP contribution in [0.4, 0.5) is 0 Å². The summed E-state index contributed by atoms with van der Waals surface area (Å²) >= 11 is 0. The first-order chi connectivity index (χ1) is 13.3. The standard InChI is InChI=1S/C22H20N4O/c1-15-6-8-16(9-7-15)22-25-13-19-18-5-3-2-4-17(18)12-21(26(19)22)27-14-20-23-10-11-24-20/h2-13,19,22H,14H2,1H3,(H,23,24). The molecule has 5 rings (SSSR count). The highest BCUT2D eigenvalue weighted by Gasteiger charge is 2.38. The van der Waals surface area contributed by atoms with Crippen molar-refractivity contribution in [2.45, 2.75) is 25.7 Å². The molecule has 2 aliphatic rings. The zero-order chi connectivity index (χ0) is 18.2. The van der Waals surface area contributed by atoms with Crippen molar-refractivity contribution in [1.82, 2.24) is 14.9 Å². The molecule has 0 aliphatic carbocycles. The summed E-state index contributed by atoms with van der Waals surface area (Å²) in [6, 6.07) is 17.0. The third-order valence-electron chi connectivity index (χ3n) is 5.07. The molecular weight excluding hydrogens is 336 g/mol.